The predicted molar refractivity (Wildman–Crippen MR) is 30.4 cm³/mol. The molecule has 0 aliphatic carbocycles. The van der Waals surface area contributed by atoms with Crippen LogP contribution in [0.4, 0.5) is 0 Å². The van der Waals surface area contributed by atoms with Crippen LogP contribution < -0.4 is 5.32 Å². The first kappa shape index (κ1) is 4.80. The van der Waals surface area contributed by atoms with Crippen LogP contribution in [0.25, 0.3) is 0 Å². The van der Waals surface area contributed by atoms with Crippen molar-refractivity contribution in [3.05, 3.63) is 6.20 Å². The molecule has 0 aliphatic rings. The van der Waals surface area contributed by atoms with Gasteiger partial charge in [0.15, 0.2) is 8.83 Å². The molecule has 0 radical (unpaired) electrons. The Morgan fingerprint density at radius 2 is 2.71 bits per heavy atom. The van der Waals surface area contributed by atoms with E-state index in [1.54, 1.807) is 6.20 Å². The summed E-state index contributed by atoms with van der Waals surface area (Å²) in [6, 6.07) is 0. The van der Waals surface area contributed by atoms with Crippen LogP contribution in [-0.2, 0) is 0 Å². The molecular formula is C2H4ClN3Si. The third-order valence-corrected chi connectivity index (χ3v) is 2.05. The molecule has 0 bridgehead atoms. The third kappa shape index (κ3) is 1.00. The van der Waals surface area contributed by atoms with Crippen molar-refractivity contribution in [2.45, 2.75) is 0 Å². The fourth-order valence-corrected chi connectivity index (χ4v) is 0.975. The fraction of sp³-hybridized carbons (Fsp3) is 0. The zero-order chi connectivity index (χ0) is 5.11. The van der Waals surface area contributed by atoms with Crippen molar-refractivity contribution in [2.75, 3.05) is 0 Å². The minimum atomic E-state index is -0.599. The lowest BCUT2D eigenvalue weighted by atomic mass is 10.9. The van der Waals surface area contributed by atoms with Crippen LogP contribution in [0, 0.1) is 0 Å². The summed E-state index contributed by atoms with van der Waals surface area (Å²) >= 11 is 5.48. The molecule has 0 amide bonds. The van der Waals surface area contributed by atoms with Crippen molar-refractivity contribution in [1.82, 2.24) is 15.4 Å². The molecule has 1 N–H and O–H groups in total. The van der Waals surface area contributed by atoms with Crippen molar-refractivity contribution in [3.8, 4) is 0 Å². The van der Waals surface area contributed by atoms with Gasteiger partial charge in [0.05, 0.1) is 5.32 Å². The van der Waals surface area contributed by atoms with Gasteiger partial charge in [-0.1, -0.05) is 5.21 Å². The summed E-state index contributed by atoms with van der Waals surface area (Å²) in [4.78, 5) is 0. The number of rotatable bonds is 1. The van der Waals surface area contributed by atoms with Gasteiger partial charge in [-0.3, -0.25) is 5.10 Å². The highest BCUT2D eigenvalue weighted by molar-refractivity contribution is 7.00. The second kappa shape index (κ2) is 2.09. The van der Waals surface area contributed by atoms with Crippen molar-refractivity contribution in [1.29, 1.82) is 0 Å². The Morgan fingerprint density at radius 1 is 1.86 bits per heavy atom. The van der Waals surface area contributed by atoms with Gasteiger partial charge in [0.2, 0.25) is 0 Å². The zero-order valence-corrected chi connectivity index (χ0v) is 5.73. The average molecular weight is 134 g/mol. The molecule has 0 atom stereocenters. The van der Waals surface area contributed by atoms with E-state index in [1.807, 2.05) is 0 Å². The van der Waals surface area contributed by atoms with Gasteiger partial charge >= 0.3 is 0 Å². The Hall–Kier alpha value is -0.353. The van der Waals surface area contributed by atoms with Gasteiger partial charge in [0, 0.05) is 6.20 Å². The molecule has 0 saturated carbocycles. The standard InChI is InChI=1S/C2H4ClN3Si/c3-7-2-1-4-6-5-2/h1H,7H2,(H,4,5,6). The lowest BCUT2D eigenvalue weighted by molar-refractivity contribution is 0.946. The first-order chi connectivity index (χ1) is 3.43. The number of halogens is 1. The highest BCUT2D eigenvalue weighted by Crippen LogP contribution is 1.66. The third-order valence-electron chi connectivity index (χ3n) is 0.604. The molecule has 0 aromatic carbocycles. The maximum atomic E-state index is 5.48. The highest BCUT2D eigenvalue weighted by Gasteiger charge is 1.88. The molecule has 5 heteroatoms. The Morgan fingerprint density at radius 3 is 3.00 bits per heavy atom. The van der Waals surface area contributed by atoms with Crippen LogP contribution in [0.1, 0.15) is 0 Å². The molecule has 1 rings (SSSR count). The Balaban J connectivity index is 2.76. The molecule has 1 aromatic heterocycles. The van der Waals surface area contributed by atoms with E-state index in [-0.39, 0.29) is 0 Å². The maximum absolute atomic E-state index is 5.48. The van der Waals surface area contributed by atoms with Gasteiger partial charge in [-0.25, -0.2) is 0 Å². The summed E-state index contributed by atoms with van der Waals surface area (Å²) in [5.74, 6) is 0. The largest absolute Gasteiger partial charge is 0.266 e. The van der Waals surface area contributed by atoms with E-state index in [9.17, 15) is 0 Å². The number of H-pyrrole nitrogens is 1. The van der Waals surface area contributed by atoms with Crippen LogP contribution in [0.15, 0.2) is 6.20 Å². The van der Waals surface area contributed by atoms with Gasteiger partial charge < -0.3 is 0 Å². The number of nitrogens with zero attached hydrogens (tertiary/aromatic N) is 2. The van der Waals surface area contributed by atoms with Gasteiger partial charge in [0.1, 0.15) is 0 Å². The fourth-order valence-electron chi connectivity index (χ4n) is 0.291. The molecule has 0 fully saturated rings. The van der Waals surface area contributed by atoms with Gasteiger partial charge in [-0.05, 0) is 0 Å². The summed E-state index contributed by atoms with van der Waals surface area (Å²) in [5.41, 5.74) is 0. The maximum Gasteiger partial charge on any atom is 0.183 e. The summed E-state index contributed by atoms with van der Waals surface area (Å²) in [6.45, 7) is 0. The molecule has 0 saturated heterocycles. The summed E-state index contributed by atoms with van der Waals surface area (Å²) < 4.78 is 0. The minimum Gasteiger partial charge on any atom is -0.266 e. The summed E-state index contributed by atoms with van der Waals surface area (Å²) in [6.07, 6.45) is 1.72. The first-order valence-electron chi connectivity index (χ1n) is 1.85. The highest BCUT2D eigenvalue weighted by atomic mass is 35.6. The van der Waals surface area contributed by atoms with Crippen molar-refractivity contribution in [3.63, 3.8) is 0 Å². The zero-order valence-electron chi connectivity index (χ0n) is 3.56. The van der Waals surface area contributed by atoms with Crippen molar-refractivity contribution >= 4 is 25.2 Å². The van der Waals surface area contributed by atoms with Crippen LogP contribution in [0.2, 0.25) is 0 Å². The minimum absolute atomic E-state index is 0.599. The number of aromatic amines is 1. The van der Waals surface area contributed by atoms with Crippen molar-refractivity contribution in [2.24, 2.45) is 0 Å². The van der Waals surface area contributed by atoms with Crippen LogP contribution in [0.5, 0.6) is 0 Å². The van der Waals surface area contributed by atoms with Crippen LogP contribution in [-0.4, -0.2) is 24.2 Å². The van der Waals surface area contributed by atoms with E-state index in [2.05, 4.69) is 15.4 Å². The molecule has 1 heterocycles. The smallest absolute Gasteiger partial charge is 0.183 e. The number of hydrogen-bond acceptors (Lipinski definition) is 2. The van der Waals surface area contributed by atoms with Gasteiger partial charge in [-0.15, -0.1) is 5.10 Å². The van der Waals surface area contributed by atoms with Crippen LogP contribution >= 0.6 is 11.1 Å². The quantitative estimate of drug-likeness (QED) is 0.385. The molecule has 0 unspecified atom stereocenters. The lowest BCUT2D eigenvalue weighted by Crippen LogP contribution is -2.08. The molecular weight excluding hydrogens is 130 g/mol. The number of hydrogen-bond donors (Lipinski definition) is 1. The monoisotopic (exact) mass is 133 g/mol. The van der Waals surface area contributed by atoms with Crippen molar-refractivity contribution < 1.29 is 0 Å². The molecule has 7 heavy (non-hydrogen) atoms. The van der Waals surface area contributed by atoms with E-state index in [1.165, 1.54) is 0 Å². The molecule has 0 aliphatic heterocycles. The molecule has 1 aromatic rings. The van der Waals surface area contributed by atoms with E-state index in [0.717, 1.165) is 5.32 Å². The topological polar surface area (TPSA) is 41.6 Å². The summed E-state index contributed by atoms with van der Waals surface area (Å²) in [7, 11) is -0.599. The second-order valence-corrected chi connectivity index (χ2v) is 2.89. The Labute approximate surface area is 47.6 Å². The van der Waals surface area contributed by atoms with Crippen LogP contribution in [0.3, 0.4) is 0 Å². The van der Waals surface area contributed by atoms with E-state index in [0.29, 0.717) is 0 Å². The average Bonchev–Trinajstić information content (AvgIpc) is 2.14. The predicted octanol–water partition coefficient (Wildman–Crippen LogP) is -1.25. The number of aromatic nitrogens is 3. The Kier molecular flexibility index (Phi) is 1.43. The molecule has 38 valence electrons. The molecule has 3 nitrogen and oxygen atoms in total. The lowest BCUT2D eigenvalue weighted by Gasteiger charge is -1.71. The first-order valence-corrected chi connectivity index (χ1v) is 4.69. The Bertz CT molecular complexity index is 127. The second-order valence-electron chi connectivity index (χ2n) is 1.10. The van der Waals surface area contributed by atoms with Gasteiger partial charge in [-0.2, -0.15) is 11.1 Å². The normalized spacial score (nSPS) is 11.0. The molecule has 0 spiro atoms. The number of nitrogens with one attached hydrogen (secondary N) is 1. The van der Waals surface area contributed by atoms with E-state index in [4.69, 9.17) is 11.1 Å². The van der Waals surface area contributed by atoms with E-state index < -0.39 is 8.83 Å². The van der Waals surface area contributed by atoms with Gasteiger partial charge in [0.25, 0.3) is 0 Å². The summed E-state index contributed by atoms with van der Waals surface area (Å²) in [5, 5.41) is 10.6. The van der Waals surface area contributed by atoms with E-state index >= 15 is 0 Å². The SMILES string of the molecule is Cl[SiH2]c1c[nH]nn1.